The first-order valence-corrected chi connectivity index (χ1v) is 14.6. The fraction of sp³-hybridized carbons (Fsp3) is 0.158. The minimum Gasteiger partial charge on any atom is -0.399 e. The molecule has 1 aliphatic rings. The molecule has 1 fully saturated rings. The van der Waals surface area contributed by atoms with Crippen molar-refractivity contribution in [3.63, 3.8) is 0 Å². The van der Waals surface area contributed by atoms with Crippen LogP contribution in [-0.4, -0.2) is 18.3 Å². The van der Waals surface area contributed by atoms with Crippen LogP contribution in [0.5, 0.6) is 0 Å². The summed E-state index contributed by atoms with van der Waals surface area (Å²) in [7, 11) is -0.439. The van der Waals surface area contributed by atoms with Gasteiger partial charge in [0.25, 0.3) is 0 Å². The average Bonchev–Trinajstić information content (AvgIpc) is 3.24. The maximum absolute atomic E-state index is 6.45. The van der Waals surface area contributed by atoms with Gasteiger partial charge in [0.15, 0.2) is 0 Å². The summed E-state index contributed by atoms with van der Waals surface area (Å²) in [6.07, 6.45) is 0. The Kier molecular flexibility index (Phi) is 6.42. The Morgan fingerprint density at radius 3 is 1.81 bits per heavy atom. The Hall–Kier alpha value is -4.38. The van der Waals surface area contributed by atoms with Crippen molar-refractivity contribution in [1.29, 1.82) is 0 Å². The van der Waals surface area contributed by atoms with Gasteiger partial charge in [-0.25, -0.2) is 0 Å². The molecule has 0 atom stereocenters. The molecule has 1 aliphatic heterocycles. The Labute approximate surface area is 248 Å². The largest absolute Gasteiger partial charge is 0.494 e. The number of benzene rings is 6. The van der Waals surface area contributed by atoms with Gasteiger partial charge in [-0.3, -0.25) is 0 Å². The predicted molar refractivity (Wildman–Crippen MR) is 177 cm³/mol. The molecule has 0 aromatic heterocycles. The van der Waals surface area contributed by atoms with E-state index in [1.165, 1.54) is 32.7 Å². The summed E-state index contributed by atoms with van der Waals surface area (Å²) in [5.41, 5.74) is 5.84. The van der Waals surface area contributed by atoms with Gasteiger partial charge in [0, 0.05) is 16.8 Å². The predicted octanol–water partition coefficient (Wildman–Crippen LogP) is 9.43. The molecule has 4 heteroatoms. The smallest absolute Gasteiger partial charge is 0.399 e. The topological polar surface area (TPSA) is 21.7 Å². The van der Waals surface area contributed by atoms with Crippen LogP contribution in [0.25, 0.3) is 32.7 Å². The second kappa shape index (κ2) is 10.2. The molecule has 0 unspecified atom stereocenters. The molecule has 6 aromatic carbocycles. The summed E-state index contributed by atoms with van der Waals surface area (Å²) in [4.78, 5) is 2.36. The zero-order valence-electron chi connectivity index (χ0n) is 24.5. The van der Waals surface area contributed by atoms with E-state index in [2.05, 4.69) is 166 Å². The fourth-order valence-corrected chi connectivity index (χ4v) is 5.87. The highest BCUT2D eigenvalue weighted by Gasteiger charge is 2.51. The molecule has 6 aromatic rings. The third-order valence-electron chi connectivity index (χ3n) is 8.87. The zero-order valence-corrected chi connectivity index (χ0v) is 24.5. The van der Waals surface area contributed by atoms with Gasteiger partial charge in [-0.2, -0.15) is 0 Å². The van der Waals surface area contributed by atoms with E-state index in [4.69, 9.17) is 9.31 Å². The quantitative estimate of drug-likeness (QED) is 0.159. The van der Waals surface area contributed by atoms with E-state index >= 15 is 0 Å². The van der Waals surface area contributed by atoms with E-state index in [1.54, 1.807) is 0 Å². The summed E-state index contributed by atoms with van der Waals surface area (Å²) < 4.78 is 12.9. The highest BCUT2D eigenvalue weighted by molar-refractivity contribution is 6.62. The number of hydrogen-bond acceptors (Lipinski definition) is 3. The van der Waals surface area contributed by atoms with Crippen LogP contribution in [0.2, 0.25) is 0 Å². The van der Waals surface area contributed by atoms with Crippen molar-refractivity contribution in [2.75, 3.05) is 4.90 Å². The maximum Gasteiger partial charge on any atom is 0.494 e. The average molecular weight is 548 g/mol. The standard InChI is InChI=1S/C38H34BNO2/c1-37(2)38(3,4)42-39(41-37)30-16-12-17-32(26-30)40(31-23-21-28(22-24-31)27-13-6-5-7-14-27)36-25-29-15-8-9-18-33(29)34-19-10-11-20-35(34)36/h5-26H,1-4H3. The van der Waals surface area contributed by atoms with Gasteiger partial charge in [0.1, 0.15) is 0 Å². The van der Waals surface area contributed by atoms with Crippen molar-refractivity contribution < 1.29 is 9.31 Å². The lowest BCUT2D eigenvalue weighted by molar-refractivity contribution is 0.00578. The third-order valence-corrected chi connectivity index (χ3v) is 8.87. The van der Waals surface area contributed by atoms with Crippen LogP contribution in [0.1, 0.15) is 27.7 Å². The van der Waals surface area contributed by atoms with E-state index in [0.29, 0.717) is 0 Å². The van der Waals surface area contributed by atoms with E-state index in [1.807, 2.05) is 0 Å². The molecule has 7 rings (SSSR count). The van der Waals surface area contributed by atoms with Crippen LogP contribution < -0.4 is 10.4 Å². The fourth-order valence-electron chi connectivity index (χ4n) is 5.87. The lowest BCUT2D eigenvalue weighted by Gasteiger charge is -2.32. The summed E-state index contributed by atoms with van der Waals surface area (Å²) in [5.74, 6) is 0. The highest BCUT2D eigenvalue weighted by atomic mass is 16.7. The van der Waals surface area contributed by atoms with E-state index in [0.717, 1.165) is 22.5 Å². The van der Waals surface area contributed by atoms with Crippen molar-refractivity contribution in [3.8, 4) is 11.1 Å². The molecule has 0 saturated carbocycles. The van der Waals surface area contributed by atoms with Crippen molar-refractivity contribution >= 4 is 51.2 Å². The normalized spacial score (nSPS) is 15.8. The maximum atomic E-state index is 6.45. The Balaban J connectivity index is 1.41. The molecule has 0 aliphatic carbocycles. The van der Waals surface area contributed by atoms with Gasteiger partial charge in [-0.05, 0) is 90.8 Å². The molecular weight excluding hydrogens is 513 g/mol. The monoisotopic (exact) mass is 547 g/mol. The van der Waals surface area contributed by atoms with E-state index in [-0.39, 0.29) is 0 Å². The van der Waals surface area contributed by atoms with E-state index in [9.17, 15) is 0 Å². The zero-order chi connectivity index (χ0) is 28.9. The van der Waals surface area contributed by atoms with Crippen LogP contribution >= 0.6 is 0 Å². The summed E-state index contributed by atoms with van der Waals surface area (Å²) >= 11 is 0. The lowest BCUT2D eigenvalue weighted by atomic mass is 9.79. The molecule has 1 heterocycles. The van der Waals surface area contributed by atoms with E-state index < -0.39 is 18.3 Å². The third kappa shape index (κ3) is 4.57. The van der Waals surface area contributed by atoms with Crippen LogP contribution in [0.3, 0.4) is 0 Å². The molecule has 0 N–H and O–H groups in total. The lowest BCUT2D eigenvalue weighted by Crippen LogP contribution is -2.41. The van der Waals surface area contributed by atoms with Gasteiger partial charge in [-0.15, -0.1) is 0 Å². The van der Waals surface area contributed by atoms with Crippen LogP contribution in [0.4, 0.5) is 17.1 Å². The minimum atomic E-state index is -0.439. The minimum absolute atomic E-state index is 0.408. The first-order chi connectivity index (χ1) is 20.3. The van der Waals surface area contributed by atoms with Gasteiger partial charge < -0.3 is 14.2 Å². The van der Waals surface area contributed by atoms with Gasteiger partial charge in [0.2, 0.25) is 0 Å². The first-order valence-electron chi connectivity index (χ1n) is 14.6. The number of nitrogens with zero attached hydrogens (tertiary/aromatic N) is 1. The summed E-state index contributed by atoms with van der Waals surface area (Å²) in [5, 5.41) is 4.89. The Morgan fingerprint density at radius 2 is 1.10 bits per heavy atom. The number of hydrogen-bond donors (Lipinski definition) is 0. The molecule has 3 nitrogen and oxygen atoms in total. The molecule has 0 radical (unpaired) electrons. The molecular formula is C38H34BNO2. The van der Waals surface area contributed by atoms with Gasteiger partial charge in [0.05, 0.1) is 16.9 Å². The molecule has 1 saturated heterocycles. The van der Waals surface area contributed by atoms with Gasteiger partial charge in [-0.1, -0.05) is 103 Å². The molecule has 0 spiro atoms. The van der Waals surface area contributed by atoms with Crippen LogP contribution in [0, 0.1) is 0 Å². The van der Waals surface area contributed by atoms with Crippen LogP contribution in [0.15, 0.2) is 133 Å². The van der Waals surface area contributed by atoms with Gasteiger partial charge >= 0.3 is 7.12 Å². The van der Waals surface area contributed by atoms with Crippen molar-refractivity contribution in [2.24, 2.45) is 0 Å². The number of anilines is 3. The molecule has 206 valence electrons. The second-order valence-electron chi connectivity index (χ2n) is 12.1. The number of fused-ring (bicyclic) bond motifs is 3. The second-order valence-corrected chi connectivity index (χ2v) is 12.1. The summed E-state index contributed by atoms with van der Waals surface area (Å²) in [6.45, 7) is 8.38. The molecule has 42 heavy (non-hydrogen) atoms. The molecule has 0 amide bonds. The SMILES string of the molecule is CC1(C)OB(c2cccc(N(c3ccc(-c4ccccc4)cc3)c3cc4ccccc4c4ccccc34)c2)OC1(C)C. The molecule has 0 bridgehead atoms. The Bertz CT molecular complexity index is 1880. The first kappa shape index (κ1) is 26.5. The summed E-state index contributed by atoms with van der Waals surface area (Å²) in [6, 6.07) is 47.6. The van der Waals surface area contributed by atoms with Crippen LogP contribution in [-0.2, 0) is 9.31 Å². The Morgan fingerprint density at radius 1 is 0.500 bits per heavy atom. The highest BCUT2D eigenvalue weighted by Crippen LogP contribution is 2.42. The van der Waals surface area contributed by atoms with Crippen molar-refractivity contribution in [1.82, 2.24) is 0 Å². The number of rotatable bonds is 5. The van der Waals surface area contributed by atoms with Crippen molar-refractivity contribution in [3.05, 3.63) is 133 Å². The van der Waals surface area contributed by atoms with Crippen molar-refractivity contribution in [2.45, 2.75) is 38.9 Å².